The van der Waals surface area contributed by atoms with Gasteiger partial charge in [0.2, 0.25) is 23.5 Å². The first-order valence-corrected chi connectivity index (χ1v) is 17.5. The molecule has 0 heterocycles. The third-order valence-electron chi connectivity index (χ3n) is 7.96. The summed E-state index contributed by atoms with van der Waals surface area (Å²) in [6.07, 6.45) is 2.22. The molecule has 0 saturated heterocycles. The van der Waals surface area contributed by atoms with Crippen molar-refractivity contribution in [3.8, 4) is 0 Å². The van der Waals surface area contributed by atoms with Gasteiger partial charge in [0.05, 0.1) is 26.4 Å². The molecule has 0 aromatic heterocycles. The number of fused-ring (bicyclic) bond motifs is 1. The molecule has 3 aromatic carbocycles. The fourth-order valence-corrected chi connectivity index (χ4v) is 5.27. The number of rotatable bonds is 23. The lowest BCUT2D eigenvalue weighted by Gasteiger charge is -2.25. The monoisotopic (exact) mass is 743 g/mol. The molecule has 288 valence electrons. The Bertz CT molecular complexity index is 1760. The van der Waals surface area contributed by atoms with E-state index in [1.807, 2.05) is 62.4 Å². The molecule has 0 aliphatic heterocycles. The lowest BCUT2D eigenvalue weighted by atomic mass is 10.0. The molecule has 0 saturated carbocycles. The van der Waals surface area contributed by atoms with Crippen molar-refractivity contribution in [2.45, 2.75) is 57.5 Å². The van der Waals surface area contributed by atoms with Crippen molar-refractivity contribution >= 4 is 46.3 Å². The maximum Gasteiger partial charge on any atom is 0.408 e. The third-order valence-corrected chi connectivity index (χ3v) is 7.96. The number of nitrogens with two attached hydrogens (primary N) is 1. The maximum absolute atomic E-state index is 13.6. The van der Waals surface area contributed by atoms with E-state index in [1.165, 1.54) is 12.2 Å². The standard InChI is InChI=1S/C40H49N5O9/c1-5-18-52-24-33(43-37(48)32(20-26(3)4)45-40(51)54-23-27-12-8-7-9-13-27)35(46)39(50)44-34(25-53-19-6-2)38(49)42-31(36(41)47)22-28-16-17-29-14-10-11-15-30(29)21-28/h5-17,21,26,31-34H,1-2,18-20,22-25H2,3-4H3,(H2,41,47)(H,42,49)(H,43,48)(H,44,50)(H,45,51). The highest BCUT2D eigenvalue weighted by atomic mass is 16.5. The Labute approximate surface area is 314 Å². The van der Waals surface area contributed by atoms with Gasteiger partial charge in [0.15, 0.2) is 0 Å². The van der Waals surface area contributed by atoms with E-state index in [1.54, 1.807) is 24.3 Å². The van der Waals surface area contributed by atoms with Gasteiger partial charge in [-0.3, -0.25) is 24.0 Å². The van der Waals surface area contributed by atoms with Crippen molar-refractivity contribution in [1.29, 1.82) is 0 Å². The van der Waals surface area contributed by atoms with E-state index in [9.17, 15) is 28.8 Å². The summed E-state index contributed by atoms with van der Waals surface area (Å²) in [6.45, 7) is 9.95. The number of nitrogens with one attached hydrogen (secondary N) is 4. The van der Waals surface area contributed by atoms with Crippen LogP contribution in [0, 0.1) is 5.92 Å². The van der Waals surface area contributed by atoms with E-state index in [0.717, 1.165) is 21.9 Å². The second-order valence-electron chi connectivity index (χ2n) is 12.8. The Balaban J connectivity index is 1.73. The SMILES string of the molecule is C=CCOCC(NC(=O)C(=O)C(COCC=C)NC(=O)C(CC(C)C)NC(=O)OCc1ccccc1)C(=O)NC(Cc1ccc2ccccc2c1)C(N)=O. The predicted molar refractivity (Wildman–Crippen MR) is 203 cm³/mol. The van der Waals surface area contributed by atoms with Crippen LogP contribution in [0.15, 0.2) is 98.1 Å². The Morgan fingerprint density at radius 3 is 1.91 bits per heavy atom. The molecule has 14 heteroatoms. The topological polar surface area (TPSA) is 204 Å². The van der Waals surface area contributed by atoms with Crippen molar-refractivity contribution in [2.75, 3.05) is 26.4 Å². The number of ketones is 1. The van der Waals surface area contributed by atoms with E-state index in [-0.39, 0.29) is 38.6 Å². The molecule has 4 unspecified atom stereocenters. The Morgan fingerprint density at radius 1 is 0.685 bits per heavy atom. The van der Waals surface area contributed by atoms with Crippen LogP contribution in [0.2, 0.25) is 0 Å². The number of hydrogen-bond donors (Lipinski definition) is 5. The number of alkyl carbamates (subject to hydrolysis) is 1. The molecule has 4 atom stereocenters. The summed E-state index contributed by atoms with van der Waals surface area (Å²) in [6, 6.07) is 16.9. The van der Waals surface area contributed by atoms with Gasteiger partial charge in [-0.05, 0) is 34.2 Å². The normalized spacial score (nSPS) is 13.1. The second-order valence-corrected chi connectivity index (χ2v) is 12.8. The Hall–Kier alpha value is -5.86. The smallest absolute Gasteiger partial charge is 0.408 e. The molecule has 0 spiro atoms. The molecule has 0 radical (unpaired) electrons. The minimum atomic E-state index is -1.53. The molecular weight excluding hydrogens is 694 g/mol. The summed E-state index contributed by atoms with van der Waals surface area (Å²) < 4.78 is 16.1. The van der Waals surface area contributed by atoms with Crippen LogP contribution in [0.25, 0.3) is 10.8 Å². The molecule has 54 heavy (non-hydrogen) atoms. The lowest BCUT2D eigenvalue weighted by molar-refractivity contribution is -0.143. The Morgan fingerprint density at radius 2 is 1.28 bits per heavy atom. The molecule has 5 amide bonds. The molecule has 14 nitrogen and oxygen atoms in total. The number of carbonyl (C=O) groups excluding carboxylic acids is 6. The van der Waals surface area contributed by atoms with Crippen LogP contribution in [-0.4, -0.2) is 86.1 Å². The van der Waals surface area contributed by atoms with Gasteiger partial charge in [0.1, 0.15) is 30.8 Å². The lowest BCUT2D eigenvalue weighted by Crippen LogP contribution is -2.59. The number of benzene rings is 3. The fourth-order valence-electron chi connectivity index (χ4n) is 5.27. The van der Waals surface area contributed by atoms with E-state index >= 15 is 0 Å². The zero-order chi connectivity index (χ0) is 39.5. The first-order chi connectivity index (χ1) is 25.9. The largest absolute Gasteiger partial charge is 0.445 e. The summed E-state index contributed by atoms with van der Waals surface area (Å²) in [5.41, 5.74) is 7.12. The number of primary amides is 1. The van der Waals surface area contributed by atoms with E-state index < -0.39 is 72.9 Å². The van der Waals surface area contributed by atoms with Crippen molar-refractivity contribution in [1.82, 2.24) is 21.3 Å². The molecule has 0 fully saturated rings. The molecule has 3 rings (SSSR count). The summed E-state index contributed by atoms with van der Waals surface area (Å²) in [7, 11) is 0. The average molecular weight is 744 g/mol. The number of hydrogen-bond acceptors (Lipinski definition) is 9. The van der Waals surface area contributed by atoms with Crippen molar-refractivity contribution in [3.63, 3.8) is 0 Å². The Kier molecular flexibility index (Phi) is 17.5. The molecule has 3 aromatic rings. The highest BCUT2D eigenvalue weighted by molar-refractivity contribution is 6.39. The minimum absolute atomic E-state index is 0.00705. The number of ether oxygens (including phenoxy) is 3. The predicted octanol–water partition coefficient (Wildman–Crippen LogP) is 2.64. The van der Waals surface area contributed by atoms with Crippen LogP contribution < -0.4 is 27.0 Å². The maximum atomic E-state index is 13.6. The number of carbonyl (C=O) groups is 6. The van der Waals surface area contributed by atoms with Gasteiger partial charge in [-0.1, -0.05) is 98.8 Å². The molecule has 0 aliphatic rings. The van der Waals surface area contributed by atoms with E-state index in [4.69, 9.17) is 19.9 Å². The van der Waals surface area contributed by atoms with Crippen LogP contribution in [-0.2, 0) is 51.2 Å². The van der Waals surface area contributed by atoms with Crippen molar-refractivity contribution in [2.24, 2.45) is 11.7 Å². The summed E-state index contributed by atoms with van der Waals surface area (Å²) >= 11 is 0. The summed E-state index contributed by atoms with van der Waals surface area (Å²) in [4.78, 5) is 79.1. The fraction of sp³-hybridized carbons (Fsp3) is 0.350. The van der Waals surface area contributed by atoms with Gasteiger partial charge in [-0.15, -0.1) is 13.2 Å². The van der Waals surface area contributed by atoms with Crippen molar-refractivity contribution < 1.29 is 43.0 Å². The second kappa shape index (κ2) is 22.3. The van der Waals surface area contributed by atoms with Crippen LogP contribution in [0.3, 0.4) is 0 Å². The molecular formula is C40H49N5O9. The van der Waals surface area contributed by atoms with Crippen molar-refractivity contribution in [3.05, 3.63) is 109 Å². The third kappa shape index (κ3) is 14.3. The van der Waals surface area contributed by atoms with Crippen LogP contribution in [0.1, 0.15) is 31.4 Å². The number of amides is 5. The minimum Gasteiger partial charge on any atom is -0.445 e. The van der Waals surface area contributed by atoms with Gasteiger partial charge in [-0.25, -0.2) is 4.79 Å². The highest BCUT2D eigenvalue weighted by Crippen LogP contribution is 2.17. The molecule has 0 bridgehead atoms. The van der Waals surface area contributed by atoms with E-state index in [0.29, 0.717) is 0 Å². The molecule has 6 N–H and O–H groups in total. The zero-order valence-electron chi connectivity index (χ0n) is 30.6. The average Bonchev–Trinajstić information content (AvgIpc) is 3.15. The summed E-state index contributed by atoms with van der Waals surface area (Å²) in [5, 5.41) is 11.9. The van der Waals surface area contributed by atoms with Gasteiger partial charge in [-0.2, -0.15) is 0 Å². The first kappa shape index (κ1) is 42.6. The quantitative estimate of drug-likeness (QED) is 0.0550. The number of Topliss-reactive ketones (excluding diaryl/α,β-unsaturated/α-hetero) is 1. The molecule has 0 aliphatic carbocycles. The van der Waals surface area contributed by atoms with Crippen LogP contribution >= 0.6 is 0 Å². The van der Waals surface area contributed by atoms with Gasteiger partial charge in [0, 0.05) is 6.42 Å². The van der Waals surface area contributed by atoms with Gasteiger partial charge >= 0.3 is 6.09 Å². The van der Waals surface area contributed by atoms with Crippen LogP contribution in [0.5, 0.6) is 0 Å². The van der Waals surface area contributed by atoms with Gasteiger partial charge in [0.25, 0.3) is 5.91 Å². The van der Waals surface area contributed by atoms with Crippen LogP contribution in [0.4, 0.5) is 4.79 Å². The highest BCUT2D eigenvalue weighted by Gasteiger charge is 2.34. The summed E-state index contributed by atoms with van der Waals surface area (Å²) in [5.74, 6) is -4.89. The zero-order valence-corrected chi connectivity index (χ0v) is 30.6. The first-order valence-electron chi connectivity index (χ1n) is 17.5. The van der Waals surface area contributed by atoms with E-state index in [2.05, 4.69) is 34.4 Å². The van der Waals surface area contributed by atoms with Gasteiger partial charge < -0.3 is 41.2 Å².